The first-order valence-electron chi connectivity index (χ1n) is 6.45. The summed E-state index contributed by atoms with van der Waals surface area (Å²) in [6, 6.07) is 0.408. The second kappa shape index (κ2) is 7.45. The summed E-state index contributed by atoms with van der Waals surface area (Å²) in [4.78, 5) is 13.1. The maximum atomic E-state index is 10.6. The lowest BCUT2D eigenvalue weighted by atomic mass is 10.1. The second-order valence-corrected chi connectivity index (χ2v) is 4.86. The van der Waals surface area contributed by atoms with Gasteiger partial charge in [0.25, 0.3) is 0 Å². The predicted molar refractivity (Wildman–Crippen MR) is 69.1 cm³/mol. The molecule has 4 nitrogen and oxygen atoms in total. The fourth-order valence-corrected chi connectivity index (χ4v) is 2.09. The Hall–Kier alpha value is -0.870. The van der Waals surface area contributed by atoms with Gasteiger partial charge < -0.3 is 15.3 Å². The number of rotatable bonds is 6. The predicted octanol–water partition coefficient (Wildman–Crippen LogP) is 1.48. The molecule has 1 unspecified atom stereocenters. The van der Waals surface area contributed by atoms with Crippen molar-refractivity contribution < 1.29 is 9.90 Å². The maximum absolute atomic E-state index is 10.6. The number of carbonyl (C=O) groups is 1. The lowest BCUT2D eigenvalue weighted by molar-refractivity contribution is -0.132. The quantitative estimate of drug-likeness (QED) is 0.691. The lowest BCUT2D eigenvalue weighted by Gasteiger charge is -2.29. The number of nitrogens with one attached hydrogen (secondary N) is 1. The average molecular weight is 240 g/mol. The van der Waals surface area contributed by atoms with E-state index in [-0.39, 0.29) is 0 Å². The molecule has 0 aromatic heterocycles. The van der Waals surface area contributed by atoms with Crippen molar-refractivity contribution in [1.29, 1.82) is 0 Å². The molecule has 0 bridgehead atoms. The van der Waals surface area contributed by atoms with Crippen molar-refractivity contribution in [1.82, 2.24) is 10.2 Å². The van der Waals surface area contributed by atoms with Crippen LogP contribution in [0.2, 0.25) is 0 Å². The monoisotopic (exact) mass is 240 g/mol. The third-order valence-electron chi connectivity index (χ3n) is 3.19. The zero-order chi connectivity index (χ0) is 12.7. The van der Waals surface area contributed by atoms with Crippen molar-refractivity contribution in [3.8, 4) is 0 Å². The van der Waals surface area contributed by atoms with E-state index in [4.69, 9.17) is 5.11 Å². The van der Waals surface area contributed by atoms with Crippen LogP contribution in [0.4, 0.5) is 0 Å². The van der Waals surface area contributed by atoms with E-state index < -0.39 is 5.97 Å². The Kier molecular flexibility index (Phi) is 6.22. The third-order valence-corrected chi connectivity index (χ3v) is 3.19. The topological polar surface area (TPSA) is 52.6 Å². The number of nitrogens with zero attached hydrogens (tertiary/aromatic N) is 1. The maximum Gasteiger partial charge on any atom is 0.330 e. The minimum atomic E-state index is -0.838. The Labute approximate surface area is 104 Å². The van der Waals surface area contributed by atoms with Gasteiger partial charge >= 0.3 is 5.97 Å². The number of piperidine rings is 1. The number of aliphatic carboxylic acids is 1. The highest BCUT2D eigenvalue weighted by molar-refractivity contribution is 5.85. The van der Waals surface area contributed by atoms with Gasteiger partial charge in [-0.25, -0.2) is 4.79 Å². The smallest absolute Gasteiger partial charge is 0.330 e. The van der Waals surface area contributed by atoms with E-state index in [1.807, 2.05) is 0 Å². The molecule has 17 heavy (non-hydrogen) atoms. The summed E-state index contributed by atoms with van der Waals surface area (Å²) in [5, 5.41) is 12.0. The zero-order valence-electron chi connectivity index (χ0n) is 10.9. The van der Waals surface area contributed by atoms with Gasteiger partial charge in [-0.2, -0.15) is 0 Å². The summed E-state index contributed by atoms with van der Waals surface area (Å²) in [7, 11) is 0. The normalized spacial score (nSPS) is 20.2. The van der Waals surface area contributed by atoms with E-state index in [1.165, 1.54) is 32.4 Å². The van der Waals surface area contributed by atoms with E-state index in [0.717, 1.165) is 6.54 Å². The highest BCUT2D eigenvalue weighted by Crippen LogP contribution is 2.08. The summed E-state index contributed by atoms with van der Waals surface area (Å²) in [5.74, 6) is -0.838. The Morgan fingerprint density at radius 1 is 1.41 bits per heavy atom. The molecular formula is C13H24N2O2. The van der Waals surface area contributed by atoms with Crippen LogP contribution in [0.5, 0.6) is 0 Å². The van der Waals surface area contributed by atoms with Crippen LogP contribution in [0.25, 0.3) is 0 Å². The van der Waals surface area contributed by atoms with Crippen molar-refractivity contribution in [2.24, 2.45) is 0 Å². The number of carboxylic acids is 1. The van der Waals surface area contributed by atoms with Crippen LogP contribution in [0.15, 0.2) is 11.6 Å². The van der Waals surface area contributed by atoms with Gasteiger partial charge in [-0.3, -0.25) is 0 Å². The van der Waals surface area contributed by atoms with E-state index in [2.05, 4.69) is 17.1 Å². The molecule has 0 saturated carbocycles. The van der Waals surface area contributed by atoms with Crippen LogP contribution in [0.1, 0.15) is 33.1 Å². The van der Waals surface area contributed by atoms with Crippen LogP contribution in [-0.4, -0.2) is 48.2 Å². The molecule has 1 aliphatic rings. The molecular weight excluding hydrogens is 216 g/mol. The third kappa shape index (κ3) is 5.84. The Morgan fingerprint density at radius 3 is 2.65 bits per heavy atom. The minimum Gasteiger partial charge on any atom is -0.478 e. The minimum absolute atomic E-state index is 0.405. The van der Waals surface area contributed by atoms with E-state index in [9.17, 15) is 4.79 Å². The van der Waals surface area contributed by atoms with Crippen LogP contribution >= 0.6 is 0 Å². The van der Waals surface area contributed by atoms with Gasteiger partial charge in [-0.15, -0.1) is 0 Å². The molecule has 1 aliphatic heterocycles. The van der Waals surface area contributed by atoms with Gasteiger partial charge in [0.2, 0.25) is 0 Å². The van der Waals surface area contributed by atoms with Gasteiger partial charge in [-0.1, -0.05) is 12.5 Å². The lowest BCUT2D eigenvalue weighted by Crippen LogP contribution is -2.41. The van der Waals surface area contributed by atoms with Crippen LogP contribution in [0.3, 0.4) is 0 Å². The summed E-state index contributed by atoms with van der Waals surface area (Å²) in [5.41, 5.74) is 0.405. The molecule has 1 rings (SSSR count). The molecule has 4 heteroatoms. The summed E-state index contributed by atoms with van der Waals surface area (Å²) in [6.07, 6.45) is 5.71. The Balaban J connectivity index is 2.18. The molecule has 2 N–H and O–H groups in total. The SMILES string of the molecule is C/C(=C/CNC(C)CN1CCCCC1)C(=O)O. The molecule has 1 saturated heterocycles. The molecule has 0 amide bonds. The van der Waals surface area contributed by atoms with Crippen molar-refractivity contribution in [2.45, 2.75) is 39.2 Å². The molecule has 0 radical (unpaired) electrons. The van der Waals surface area contributed by atoms with Crippen molar-refractivity contribution >= 4 is 5.97 Å². The molecule has 0 spiro atoms. The largest absolute Gasteiger partial charge is 0.478 e. The molecule has 1 heterocycles. The van der Waals surface area contributed by atoms with Gasteiger partial charge in [0.05, 0.1) is 0 Å². The van der Waals surface area contributed by atoms with Crippen molar-refractivity contribution in [2.75, 3.05) is 26.2 Å². The summed E-state index contributed by atoms with van der Waals surface area (Å²) in [6.45, 7) is 7.87. The fourth-order valence-electron chi connectivity index (χ4n) is 2.09. The van der Waals surface area contributed by atoms with Crippen LogP contribution in [0, 0.1) is 0 Å². The van der Waals surface area contributed by atoms with Crippen molar-refractivity contribution in [3.05, 3.63) is 11.6 Å². The highest BCUT2D eigenvalue weighted by atomic mass is 16.4. The molecule has 1 fully saturated rings. The van der Waals surface area contributed by atoms with Crippen LogP contribution < -0.4 is 5.32 Å². The molecule has 98 valence electrons. The first-order valence-corrected chi connectivity index (χ1v) is 6.45. The van der Waals surface area contributed by atoms with Crippen molar-refractivity contribution in [3.63, 3.8) is 0 Å². The number of hydrogen-bond donors (Lipinski definition) is 2. The Morgan fingerprint density at radius 2 is 2.06 bits per heavy atom. The van der Waals surface area contributed by atoms with E-state index in [0.29, 0.717) is 18.2 Å². The fraction of sp³-hybridized carbons (Fsp3) is 0.769. The highest BCUT2D eigenvalue weighted by Gasteiger charge is 2.12. The average Bonchev–Trinajstić information content (AvgIpc) is 2.30. The van der Waals surface area contributed by atoms with E-state index in [1.54, 1.807) is 13.0 Å². The molecule has 0 aromatic rings. The van der Waals surface area contributed by atoms with Gasteiger partial charge in [-0.05, 0) is 39.8 Å². The molecule has 0 aromatic carbocycles. The van der Waals surface area contributed by atoms with Gasteiger partial charge in [0, 0.05) is 24.7 Å². The van der Waals surface area contributed by atoms with Gasteiger partial charge in [0.1, 0.15) is 0 Å². The number of likely N-dealkylation sites (tertiary alicyclic amines) is 1. The van der Waals surface area contributed by atoms with Gasteiger partial charge in [0.15, 0.2) is 0 Å². The summed E-state index contributed by atoms with van der Waals surface area (Å²) < 4.78 is 0. The summed E-state index contributed by atoms with van der Waals surface area (Å²) >= 11 is 0. The standard InChI is InChI=1S/C13H24N2O2/c1-11(13(16)17)6-7-14-12(2)10-15-8-4-3-5-9-15/h6,12,14H,3-5,7-10H2,1-2H3,(H,16,17)/b11-6-. The Bertz CT molecular complexity index is 271. The number of hydrogen-bond acceptors (Lipinski definition) is 3. The molecule has 1 atom stereocenters. The second-order valence-electron chi connectivity index (χ2n) is 4.86. The first kappa shape index (κ1) is 14.2. The van der Waals surface area contributed by atoms with Crippen LogP contribution in [-0.2, 0) is 4.79 Å². The zero-order valence-corrected chi connectivity index (χ0v) is 10.9. The molecule has 0 aliphatic carbocycles. The van der Waals surface area contributed by atoms with E-state index >= 15 is 0 Å². The first-order chi connectivity index (χ1) is 8.09. The number of carboxylic acid groups (broad SMARTS) is 1.